The fourth-order valence-electron chi connectivity index (χ4n) is 1.49. The summed E-state index contributed by atoms with van der Waals surface area (Å²) in [5.74, 6) is -2.00. The minimum atomic E-state index is -1.25. The average molecular weight is 300 g/mol. The van der Waals surface area contributed by atoms with Crippen LogP contribution < -0.4 is 11.1 Å². The Morgan fingerprint density at radius 2 is 1.85 bits per heavy atom. The van der Waals surface area contributed by atoms with Crippen molar-refractivity contribution in [2.45, 2.75) is 33.3 Å². The second-order valence-corrected chi connectivity index (χ2v) is 6.08. The smallest absolute Gasteiger partial charge is 0.412 e. The van der Waals surface area contributed by atoms with Crippen molar-refractivity contribution in [2.75, 3.05) is 5.32 Å². The Morgan fingerprint density at radius 3 is 2.25 bits per heavy atom. The summed E-state index contributed by atoms with van der Waals surface area (Å²) in [4.78, 5) is 34.2. The molecule has 0 saturated heterocycles. The maximum absolute atomic E-state index is 11.7. The first-order valence-electron chi connectivity index (χ1n) is 5.69. The van der Waals surface area contributed by atoms with Gasteiger partial charge >= 0.3 is 12.1 Å². The van der Waals surface area contributed by atoms with Gasteiger partial charge in [-0.15, -0.1) is 11.3 Å². The number of rotatable bonds is 3. The lowest BCUT2D eigenvalue weighted by Crippen LogP contribution is -2.27. The molecule has 4 N–H and O–H groups in total. The van der Waals surface area contributed by atoms with Crippen LogP contribution in [0.4, 0.5) is 9.80 Å². The first-order valence-corrected chi connectivity index (χ1v) is 6.51. The van der Waals surface area contributed by atoms with E-state index >= 15 is 0 Å². The van der Waals surface area contributed by atoms with E-state index in [4.69, 9.17) is 15.6 Å². The number of nitrogens with one attached hydrogen (secondary N) is 1. The summed E-state index contributed by atoms with van der Waals surface area (Å²) < 4.78 is 5.03. The van der Waals surface area contributed by atoms with E-state index in [1.165, 1.54) is 6.92 Å². The highest BCUT2D eigenvalue weighted by atomic mass is 32.1. The minimum absolute atomic E-state index is 0.0260. The van der Waals surface area contributed by atoms with Gasteiger partial charge in [0.05, 0.1) is 10.4 Å². The third kappa shape index (κ3) is 3.70. The Kier molecular flexibility index (Phi) is 4.39. The van der Waals surface area contributed by atoms with Crippen molar-refractivity contribution in [3.8, 4) is 0 Å². The second kappa shape index (κ2) is 5.49. The number of carboxylic acid groups (broad SMARTS) is 1. The number of primary amides is 1. The fraction of sp³-hybridized carbons (Fsp3) is 0.417. The third-order valence-electron chi connectivity index (χ3n) is 2.20. The second-order valence-electron chi connectivity index (χ2n) is 5.06. The van der Waals surface area contributed by atoms with Crippen molar-refractivity contribution < 1.29 is 24.2 Å². The summed E-state index contributed by atoms with van der Waals surface area (Å²) in [6.07, 6.45) is -0.794. The Hall–Kier alpha value is -2.09. The lowest BCUT2D eigenvalue weighted by Gasteiger charge is -2.19. The van der Waals surface area contributed by atoms with Crippen LogP contribution in [0.2, 0.25) is 0 Å². The zero-order chi connectivity index (χ0) is 15.7. The van der Waals surface area contributed by atoms with Gasteiger partial charge in [-0.2, -0.15) is 0 Å². The number of nitrogens with two attached hydrogens (primary N) is 1. The number of carbonyl (C=O) groups excluding carboxylic acids is 2. The minimum Gasteiger partial charge on any atom is -0.478 e. The molecule has 110 valence electrons. The van der Waals surface area contributed by atoms with Crippen LogP contribution in [-0.4, -0.2) is 28.7 Å². The number of aromatic carboxylic acids is 1. The number of carbonyl (C=O) groups is 3. The highest BCUT2D eigenvalue weighted by Crippen LogP contribution is 2.33. The van der Waals surface area contributed by atoms with Gasteiger partial charge in [0.2, 0.25) is 0 Å². The maximum atomic E-state index is 11.7. The number of ether oxygens (including phenoxy) is 1. The van der Waals surface area contributed by atoms with Gasteiger partial charge in [0, 0.05) is 0 Å². The molecule has 0 radical (unpaired) electrons. The molecule has 1 aromatic heterocycles. The van der Waals surface area contributed by atoms with Gasteiger partial charge in [0.15, 0.2) is 0 Å². The number of hydrogen-bond acceptors (Lipinski definition) is 5. The third-order valence-corrected chi connectivity index (χ3v) is 3.42. The van der Waals surface area contributed by atoms with Crippen LogP contribution in [0.15, 0.2) is 0 Å². The molecule has 0 fully saturated rings. The lowest BCUT2D eigenvalue weighted by molar-refractivity contribution is 0.0636. The van der Waals surface area contributed by atoms with E-state index in [9.17, 15) is 14.4 Å². The number of thiophene rings is 1. The van der Waals surface area contributed by atoms with Crippen LogP contribution in [-0.2, 0) is 4.74 Å². The Balaban J connectivity index is 3.12. The van der Waals surface area contributed by atoms with E-state index in [0.29, 0.717) is 0 Å². The van der Waals surface area contributed by atoms with Gasteiger partial charge in [-0.1, -0.05) is 0 Å². The van der Waals surface area contributed by atoms with Crippen LogP contribution in [0.1, 0.15) is 46.4 Å². The van der Waals surface area contributed by atoms with Gasteiger partial charge < -0.3 is 15.6 Å². The van der Waals surface area contributed by atoms with E-state index in [1.54, 1.807) is 20.8 Å². The van der Waals surface area contributed by atoms with E-state index < -0.39 is 23.6 Å². The summed E-state index contributed by atoms with van der Waals surface area (Å²) in [6, 6.07) is 0. The zero-order valence-electron chi connectivity index (χ0n) is 11.6. The van der Waals surface area contributed by atoms with E-state index in [0.717, 1.165) is 11.3 Å². The molecule has 20 heavy (non-hydrogen) atoms. The standard InChI is InChI=1S/C12H16N2O5S/c1-5-6(10(16)17)9(20-7(5)8(13)15)14-11(18)19-12(2,3)4/h1-4H3,(H2,13,15)(H,14,18)(H,16,17). The fourth-order valence-corrected chi connectivity index (χ4v) is 2.53. The predicted molar refractivity (Wildman–Crippen MR) is 74.4 cm³/mol. The highest BCUT2D eigenvalue weighted by molar-refractivity contribution is 7.18. The molecular formula is C12H16N2O5S. The average Bonchev–Trinajstić information content (AvgIpc) is 2.52. The van der Waals surface area contributed by atoms with Gasteiger partial charge in [0.25, 0.3) is 5.91 Å². The van der Waals surface area contributed by atoms with Crippen molar-refractivity contribution in [2.24, 2.45) is 5.73 Å². The van der Waals surface area contributed by atoms with Crippen molar-refractivity contribution in [3.63, 3.8) is 0 Å². The Morgan fingerprint density at radius 1 is 1.30 bits per heavy atom. The normalized spacial score (nSPS) is 11.0. The summed E-state index contributed by atoms with van der Waals surface area (Å²) in [6.45, 7) is 6.50. The van der Waals surface area contributed by atoms with Gasteiger partial charge in [-0.25, -0.2) is 9.59 Å². The van der Waals surface area contributed by atoms with Gasteiger partial charge in [-0.3, -0.25) is 10.1 Å². The van der Waals surface area contributed by atoms with E-state index in [2.05, 4.69) is 5.32 Å². The molecule has 0 unspecified atom stereocenters. The number of amides is 2. The molecule has 1 aromatic rings. The van der Waals surface area contributed by atoms with Crippen molar-refractivity contribution in [3.05, 3.63) is 16.0 Å². The Labute approximate surface area is 119 Å². The molecule has 2 amide bonds. The molecule has 1 heterocycles. The summed E-state index contributed by atoms with van der Waals surface area (Å²) in [7, 11) is 0. The van der Waals surface area contributed by atoms with Crippen LogP contribution in [0.5, 0.6) is 0 Å². The molecule has 0 atom stereocenters. The van der Waals surface area contributed by atoms with E-state index in [1.807, 2.05) is 0 Å². The molecule has 0 saturated carbocycles. The lowest BCUT2D eigenvalue weighted by atomic mass is 10.1. The molecule has 1 rings (SSSR count). The molecule has 0 aromatic carbocycles. The topological polar surface area (TPSA) is 119 Å². The molecule has 0 aliphatic carbocycles. The molecule has 0 spiro atoms. The first kappa shape index (κ1) is 16.0. The van der Waals surface area contributed by atoms with E-state index in [-0.39, 0.29) is 21.0 Å². The maximum Gasteiger partial charge on any atom is 0.412 e. The van der Waals surface area contributed by atoms with Crippen LogP contribution >= 0.6 is 11.3 Å². The van der Waals surface area contributed by atoms with Crippen LogP contribution in [0.3, 0.4) is 0 Å². The zero-order valence-corrected chi connectivity index (χ0v) is 12.4. The largest absolute Gasteiger partial charge is 0.478 e. The van der Waals surface area contributed by atoms with Gasteiger partial charge in [-0.05, 0) is 33.3 Å². The molecular weight excluding hydrogens is 284 g/mol. The number of hydrogen-bond donors (Lipinski definition) is 3. The predicted octanol–water partition coefficient (Wildman–Crippen LogP) is 2.20. The van der Waals surface area contributed by atoms with Crippen LogP contribution in [0, 0.1) is 6.92 Å². The van der Waals surface area contributed by atoms with Crippen molar-refractivity contribution in [1.82, 2.24) is 0 Å². The Bertz CT molecular complexity index is 571. The summed E-state index contributed by atoms with van der Waals surface area (Å²) in [5.41, 5.74) is 4.51. The summed E-state index contributed by atoms with van der Waals surface area (Å²) >= 11 is 0.810. The quantitative estimate of drug-likeness (QED) is 0.790. The molecule has 0 bridgehead atoms. The van der Waals surface area contributed by atoms with Crippen molar-refractivity contribution >= 4 is 34.3 Å². The molecule has 0 aliphatic rings. The molecule has 0 aliphatic heterocycles. The van der Waals surface area contributed by atoms with Crippen molar-refractivity contribution in [1.29, 1.82) is 0 Å². The SMILES string of the molecule is Cc1c(C(N)=O)sc(NC(=O)OC(C)(C)C)c1C(=O)O. The van der Waals surface area contributed by atoms with Crippen LogP contribution in [0.25, 0.3) is 0 Å². The number of anilines is 1. The first-order chi connectivity index (χ1) is 9.03. The number of carboxylic acids is 1. The summed E-state index contributed by atoms with van der Waals surface area (Å²) in [5, 5.41) is 11.5. The monoisotopic (exact) mass is 300 g/mol. The molecule has 7 nitrogen and oxygen atoms in total. The molecule has 8 heteroatoms. The van der Waals surface area contributed by atoms with Gasteiger partial charge in [0.1, 0.15) is 10.6 Å². The highest BCUT2D eigenvalue weighted by Gasteiger charge is 2.25.